The zero-order valence-corrected chi connectivity index (χ0v) is 13.2. The van der Waals surface area contributed by atoms with E-state index in [1.807, 2.05) is 55.5 Å². The molecule has 0 amide bonds. The Balaban J connectivity index is 1.86. The molecule has 0 heterocycles. The van der Waals surface area contributed by atoms with E-state index in [4.69, 9.17) is 23.8 Å². The SMILES string of the molecule is Cc1ccc(NC(=S)NC[C@H](O)c2ccccc2)cc1Cl. The molecule has 2 aromatic carbocycles. The van der Waals surface area contributed by atoms with Crippen molar-refractivity contribution in [3.63, 3.8) is 0 Å². The molecule has 5 heteroatoms. The predicted molar refractivity (Wildman–Crippen MR) is 91.8 cm³/mol. The second-order valence-corrected chi connectivity index (χ2v) is 5.54. The number of aliphatic hydroxyl groups excluding tert-OH is 1. The lowest BCUT2D eigenvalue weighted by Gasteiger charge is -2.15. The first-order chi connectivity index (χ1) is 10.1. The van der Waals surface area contributed by atoms with Crippen molar-refractivity contribution in [2.75, 3.05) is 11.9 Å². The number of halogens is 1. The number of hydrogen-bond acceptors (Lipinski definition) is 2. The quantitative estimate of drug-likeness (QED) is 0.752. The van der Waals surface area contributed by atoms with Crippen LogP contribution in [0.25, 0.3) is 0 Å². The van der Waals surface area contributed by atoms with Gasteiger partial charge in [0.2, 0.25) is 0 Å². The van der Waals surface area contributed by atoms with Crippen LogP contribution in [-0.4, -0.2) is 16.8 Å². The Morgan fingerprint density at radius 3 is 2.62 bits per heavy atom. The zero-order chi connectivity index (χ0) is 15.2. The molecule has 0 saturated heterocycles. The van der Waals surface area contributed by atoms with Crippen LogP contribution >= 0.6 is 23.8 Å². The minimum atomic E-state index is -0.604. The van der Waals surface area contributed by atoms with Crippen LogP contribution in [0.1, 0.15) is 17.2 Å². The number of aliphatic hydroxyl groups is 1. The third-order valence-electron chi connectivity index (χ3n) is 3.07. The van der Waals surface area contributed by atoms with Gasteiger partial charge in [-0.3, -0.25) is 0 Å². The predicted octanol–water partition coefficient (Wildman–Crippen LogP) is 3.67. The van der Waals surface area contributed by atoms with Crippen molar-refractivity contribution in [1.82, 2.24) is 5.32 Å². The summed E-state index contributed by atoms with van der Waals surface area (Å²) < 4.78 is 0. The van der Waals surface area contributed by atoms with Crippen molar-refractivity contribution in [2.45, 2.75) is 13.0 Å². The van der Waals surface area contributed by atoms with Gasteiger partial charge in [0.15, 0.2) is 5.11 Å². The highest BCUT2D eigenvalue weighted by Crippen LogP contribution is 2.19. The van der Waals surface area contributed by atoms with Crippen molar-refractivity contribution in [3.05, 3.63) is 64.7 Å². The van der Waals surface area contributed by atoms with Crippen molar-refractivity contribution in [3.8, 4) is 0 Å². The lowest BCUT2D eigenvalue weighted by atomic mass is 10.1. The van der Waals surface area contributed by atoms with Crippen molar-refractivity contribution in [1.29, 1.82) is 0 Å². The maximum absolute atomic E-state index is 10.0. The number of thiocarbonyl (C=S) groups is 1. The average molecular weight is 321 g/mol. The van der Waals surface area contributed by atoms with E-state index in [9.17, 15) is 5.11 Å². The highest BCUT2D eigenvalue weighted by atomic mass is 35.5. The summed E-state index contributed by atoms with van der Waals surface area (Å²) in [7, 11) is 0. The molecule has 3 N–H and O–H groups in total. The second kappa shape index (κ2) is 7.41. The Bertz CT molecular complexity index is 619. The summed E-state index contributed by atoms with van der Waals surface area (Å²) >= 11 is 11.3. The van der Waals surface area contributed by atoms with E-state index in [2.05, 4.69) is 10.6 Å². The molecule has 0 aromatic heterocycles. The van der Waals surface area contributed by atoms with Gasteiger partial charge < -0.3 is 15.7 Å². The van der Waals surface area contributed by atoms with Gasteiger partial charge in [0.05, 0.1) is 6.10 Å². The van der Waals surface area contributed by atoms with E-state index < -0.39 is 6.10 Å². The molecular weight excluding hydrogens is 304 g/mol. The van der Waals surface area contributed by atoms with Crippen LogP contribution in [0.3, 0.4) is 0 Å². The summed E-state index contributed by atoms with van der Waals surface area (Å²) in [6.07, 6.45) is -0.604. The fourth-order valence-corrected chi connectivity index (χ4v) is 2.21. The zero-order valence-electron chi connectivity index (χ0n) is 11.6. The monoisotopic (exact) mass is 320 g/mol. The van der Waals surface area contributed by atoms with Gasteiger partial charge in [-0.05, 0) is 42.4 Å². The normalized spacial score (nSPS) is 11.8. The Morgan fingerprint density at radius 1 is 1.24 bits per heavy atom. The molecule has 0 aliphatic heterocycles. The van der Waals surface area contributed by atoms with E-state index in [0.29, 0.717) is 16.7 Å². The minimum Gasteiger partial charge on any atom is -0.387 e. The summed E-state index contributed by atoms with van der Waals surface area (Å²) in [5.74, 6) is 0. The number of benzene rings is 2. The van der Waals surface area contributed by atoms with Crippen LogP contribution in [0.2, 0.25) is 5.02 Å². The molecule has 0 unspecified atom stereocenters. The molecule has 21 heavy (non-hydrogen) atoms. The molecule has 0 spiro atoms. The van der Waals surface area contributed by atoms with Gasteiger partial charge in [-0.2, -0.15) is 0 Å². The van der Waals surface area contributed by atoms with Gasteiger partial charge in [0.25, 0.3) is 0 Å². The number of aryl methyl sites for hydroxylation is 1. The fourth-order valence-electron chi connectivity index (χ4n) is 1.83. The Hall–Kier alpha value is -1.62. The molecule has 0 radical (unpaired) electrons. The molecule has 3 nitrogen and oxygen atoms in total. The molecule has 2 aromatic rings. The van der Waals surface area contributed by atoms with Crippen LogP contribution in [0, 0.1) is 6.92 Å². The summed E-state index contributed by atoms with van der Waals surface area (Å²) in [5.41, 5.74) is 2.68. The number of nitrogens with one attached hydrogen (secondary N) is 2. The number of rotatable bonds is 4. The first-order valence-electron chi connectivity index (χ1n) is 6.60. The van der Waals surface area contributed by atoms with Crippen LogP contribution in [0.4, 0.5) is 5.69 Å². The summed E-state index contributed by atoms with van der Waals surface area (Å²) in [4.78, 5) is 0. The Morgan fingerprint density at radius 2 is 1.95 bits per heavy atom. The van der Waals surface area contributed by atoms with E-state index in [-0.39, 0.29) is 0 Å². The molecule has 0 aliphatic rings. The smallest absolute Gasteiger partial charge is 0.170 e. The van der Waals surface area contributed by atoms with E-state index in [0.717, 1.165) is 16.8 Å². The second-order valence-electron chi connectivity index (χ2n) is 4.73. The summed E-state index contributed by atoms with van der Waals surface area (Å²) in [6.45, 7) is 2.29. The average Bonchev–Trinajstić information content (AvgIpc) is 2.49. The highest BCUT2D eigenvalue weighted by Gasteiger charge is 2.07. The van der Waals surface area contributed by atoms with Crippen LogP contribution in [-0.2, 0) is 0 Å². The first-order valence-corrected chi connectivity index (χ1v) is 7.39. The van der Waals surface area contributed by atoms with Crippen LogP contribution < -0.4 is 10.6 Å². The molecule has 110 valence electrons. The summed E-state index contributed by atoms with van der Waals surface area (Å²) in [5, 5.41) is 17.2. The lowest BCUT2D eigenvalue weighted by Crippen LogP contribution is -2.32. The first kappa shape index (κ1) is 15.8. The lowest BCUT2D eigenvalue weighted by molar-refractivity contribution is 0.181. The fraction of sp³-hybridized carbons (Fsp3) is 0.188. The van der Waals surface area contributed by atoms with Gasteiger partial charge in [0, 0.05) is 17.3 Å². The summed E-state index contributed by atoms with van der Waals surface area (Å²) in [6, 6.07) is 15.1. The Kier molecular flexibility index (Phi) is 5.56. The van der Waals surface area contributed by atoms with Gasteiger partial charge in [-0.25, -0.2) is 0 Å². The van der Waals surface area contributed by atoms with E-state index >= 15 is 0 Å². The van der Waals surface area contributed by atoms with Gasteiger partial charge >= 0.3 is 0 Å². The van der Waals surface area contributed by atoms with E-state index in [1.165, 1.54) is 0 Å². The van der Waals surface area contributed by atoms with Crippen LogP contribution in [0.15, 0.2) is 48.5 Å². The molecule has 0 fully saturated rings. The van der Waals surface area contributed by atoms with E-state index in [1.54, 1.807) is 0 Å². The topological polar surface area (TPSA) is 44.3 Å². The molecule has 0 saturated carbocycles. The molecule has 0 aliphatic carbocycles. The van der Waals surface area contributed by atoms with Gasteiger partial charge in [-0.15, -0.1) is 0 Å². The number of anilines is 1. The Labute approximate surface area is 135 Å². The third-order valence-corrected chi connectivity index (χ3v) is 3.72. The largest absolute Gasteiger partial charge is 0.387 e. The van der Waals surface area contributed by atoms with Crippen molar-refractivity contribution in [2.24, 2.45) is 0 Å². The number of hydrogen-bond donors (Lipinski definition) is 3. The highest BCUT2D eigenvalue weighted by molar-refractivity contribution is 7.80. The van der Waals surface area contributed by atoms with Crippen molar-refractivity contribution < 1.29 is 5.11 Å². The molecule has 0 bridgehead atoms. The standard InChI is InChI=1S/C16H17ClN2OS/c1-11-7-8-13(9-14(11)17)19-16(21)18-10-15(20)12-5-3-2-4-6-12/h2-9,15,20H,10H2,1H3,(H2,18,19,21)/t15-/m0/s1. The van der Waals surface area contributed by atoms with Crippen molar-refractivity contribution >= 4 is 34.6 Å². The maximum Gasteiger partial charge on any atom is 0.170 e. The molecular formula is C16H17ClN2OS. The van der Waals surface area contributed by atoms with Crippen LogP contribution in [0.5, 0.6) is 0 Å². The van der Waals surface area contributed by atoms with Gasteiger partial charge in [-0.1, -0.05) is 48.0 Å². The van der Waals surface area contributed by atoms with Gasteiger partial charge in [0.1, 0.15) is 0 Å². The third kappa shape index (κ3) is 4.70. The molecule has 2 rings (SSSR count). The molecule has 1 atom stereocenters. The minimum absolute atomic E-state index is 0.343. The maximum atomic E-state index is 10.0.